The first-order chi connectivity index (χ1) is 15.3. The summed E-state index contributed by atoms with van der Waals surface area (Å²) in [7, 11) is 0. The second-order valence-electron chi connectivity index (χ2n) is 6.41. The molecule has 32 heavy (non-hydrogen) atoms. The molecule has 3 rings (SSSR count). The molecule has 0 spiro atoms. The number of carboxylic acids is 1. The summed E-state index contributed by atoms with van der Waals surface area (Å²) in [6.45, 7) is 1.31. The predicted octanol–water partition coefficient (Wildman–Crippen LogP) is 5.31. The molecule has 0 saturated carbocycles. The van der Waals surface area contributed by atoms with E-state index in [1.165, 1.54) is 25.1 Å². The van der Waals surface area contributed by atoms with E-state index in [1.807, 2.05) is 36.4 Å². The van der Waals surface area contributed by atoms with Gasteiger partial charge in [-0.05, 0) is 24.6 Å². The van der Waals surface area contributed by atoms with Gasteiger partial charge in [-0.1, -0.05) is 30.3 Å². The molecule has 0 radical (unpaired) electrons. The van der Waals surface area contributed by atoms with Gasteiger partial charge in [-0.25, -0.2) is 4.39 Å². The number of aromatic nitrogens is 1. The van der Waals surface area contributed by atoms with Crippen LogP contribution in [0.1, 0.15) is 18.1 Å². The summed E-state index contributed by atoms with van der Waals surface area (Å²) in [6, 6.07) is 15.1. The fourth-order valence-corrected chi connectivity index (χ4v) is 3.32. The maximum absolute atomic E-state index is 14.9. The lowest BCUT2D eigenvalue weighted by molar-refractivity contribution is -0.136. The summed E-state index contributed by atoms with van der Waals surface area (Å²) >= 11 is 0.270. The van der Waals surface area contributed by atoms with Crippen molar-refractivity contribution >= 4 is 17.7 Å². The molecule has 0 aliphatic carbocycles. The van der Waals surface area contributed by atoms with Crippen molar-refractivity contribution in [2.75, 3.05) is 0 Å². The number of aliphatic carboxylic acids is 1. The molecule has 0 bridgehead atoms. The van der Waals surface area contributed by atoms with Crippen LogP contribution in [0.4, 0.5) is 13.2 Å². The van der Waals surface area contributed by atoms with Gasteiger partial charge in [0.25, 0.3) is 11.8 Å². The highest BCUT2D eigenvalue weighted by atomic mass is 32.2. The Morgan fingerprint density at radius 3 is 2.53 bits per heavy atom. The number of thioether (sulfide) groups is 1. The summed E-state index contributed by atoms with van der Waals surface area (Å²) in [6.07, 6.45) is 0. The fraction of sp³-hybridized carbons (Fsp3) is 0.136. The van der Waals surface area contributed by atoms with Crippen molar-refractivity contribution in [2.24, 2.45) is 0 Å². The second kappa shape index (κ2) is 10.1. The van der Waals surface area contributed by atoms with E-state index < -0.39 is 39.6 Å². The van der Waals surface area contributed by atoms with Crippen LogP contribution in [-0.2, 0) is 11.4 Å². The first-order valence-electron chi connectivity index (χ1n) is 9.12. The number of pyridine rings is 1. The van der Waals surface area contributed by atoms with Gasteiger partial charge >= 0.3 is 5.97 Å². The van der Waals surface area contributed by atoms with Gasteiger partial charge in [0.15, 0.2) is 17.3 Å². The monoisotopic (exact) mass is 460 g/mol. The minimum Gasteiger partial charge on any atom is -0.485 e. The molecule has 1 N–H and O–H groups in total. The molecule has 10 heteroatoms. The Labute approximate surface area is 185 Å². The van der Waals surface area contributed by atoms with Crippen molar-refractivity contribution in [1.29, 1.82) is 5.26 Å². The highest BCUT2D eigenvalue weighted by molar-refractivity contribution is 8.00. The fourth-order valence-electron chi connectivity index (χ4n) is 2.49. The molecule has 0 aliphatic heterocycles. The Bertz CT molecular complexity index is 1190. The third-order valence-corrected chi connectivity index (χ3v) is 5.28. The lowest BCUT2D eigenvalue weighted by atomic mass is 10.2. The zero-order chi connectivity index (χ0) is 23.3. The molecule has 0 saturated heterocycles. The first kappa shape index (κ1) is 23.0. The second-order valence-corrected chi connectivity index (χ2v) is 7.76. The topological polar surface area (TPSA) is 92.4 Å². The van der Waals surface area contributed by atoms with Crippen LogP contribution in [0.2, 0.25) is 0 Å². The van der Waals surface area contributed by atoms with Gasteiger partial charge in [-0.15, -0.1) is 11.8 Å². The molecule has 0 amide bonds. The largest absolute Gasteiger partial charge is 0.485 e. The Hall–Kier alpha value is -3.71. The number of benzene rings is 2. The van der Waals surface area contributed by atoms with Gasteiger partial charge in [0, 0.05) is 6.07 Å². The number of hydrogen-bond donors (Lipinski definition) is 1. The van der Waals surface area contributed by atoms with Crippen molar-refractivity contribution in [3.05, 3.63) is 77.2 Å². The number of halogens is 3. The Morgan fingerprint density at radius 1 is 1.16 bits per heavy atom. The van der Waals surface area contributed by atoms with Gasteiger partial charge in [0.2, 0.25) is 5.82 Å². The average Bonchev–Trinajstić information content (AvgIpc) is 2.79. The minimum absolute atomic E-state index is 0.104. The average molecular weight is 460 g/mol. The number of carboxylic acid groups (broad SMARTS) is 1. The zero-order valence-corrected chi connectivity index (χ0v) is 17.3. The summed E-state index contributed by atoms with van der Waals surface area (Å²) in [5.41, 5.74) is 0.963. The number of nitrogens with zero attached hydrogens (tertiary/aromatic N) is 2. The van der Waals surface area contributed by atoms with E-state index in [0.29, 0.717) is 0 Å². The van der Waals surface area contributed by atoms with E-state index in [2.05, 4.69) is 4.98 Å². The van der Waals surface area contributed by atoms with E-state index in [4.69, 9.17) is 19.8 Å². The van der Waals surface area contributed by atoms with Crippen LogP contribution in [0, 0.1) is 28.9 Å². The standard InChI is InChI=1S/C22H15F3N2O4S/c1-12(22(28)29)32-19-17(23)20(25)27-21(18(19)24)31-16-9-14(10-26)7-8-15(16)30-11-13-5-3-2-4-6-13/h2-9,12H,11H2,1H3,(H,28,29). The maximum Gasteiger partial charge on any atom is 0.316 e. The van der Waals surface area contributed by atoms with Gasteiger partial charge < -0.3 is 14.6 Å². The van der Waals surface area contributed by atoms with Crippen LogP contribution in [-0.4, -0.2) is 21.3 Å². The summed E-state index contributed by atoms with van der Waals surface area (Å²) in [4.78, 5) is 13.3. The first-order valence-corrected chi connectivity index (χ1v) is 10.0. The van der Waals surface area contributed by atoms with Crippen molar-refractivity contribution in [1.82, 2.24) is 4.98 Å². The van der Waals surface area contributed by atoms with Gasteiger partial charge in [-0.2, -0.15) is 19.0 Å². The molecule has 1 atom stereocenters. The molecule has 3 aromatic rings. The summed E-state index contributed by atoms with van der Waals surface area (Å²) < 4.78 is 54.0. The summed E-state index contributed by atoms with van der Waals surface area (Å²) in [5.74, 6) is -6.98. The van der Waals surface area contributed by atoms with Crippen molar-refractivity contribution in [3.8, 4) is 23.4 Å². The van der Waals surface area contributed by atoms with Crippen LogP contribution >= 0.6 is 11.8 Å². The Morgan fingerprint density at radius 2 is 1.88 bits per heavy atom. The van der Waals surface area contributed by atoms with Crippen molar-refractivity contribution in [3.63, 3.8) is 0 Å². The number of hydrogen-bond acceptors (Lipinski definition) is 6. The lowest BCUT2D eigenvalue weighted by Gasteiger charge is -2.15. The molecule has 0 fully saturated rings. The van der Waals surface area contributed by atoms with Crippen molar-refractivity contribution < 1.29 is 32.5 Å². The lowest BCUT2D eigenvalue weighted by Crippen LogP contribution is -2.13. The zero-order valence-electron chi connectivity index (χ0n) is 16.5. The third-order valence-electron chi connectivity index (χ3n) is 4.13. The van der Waals surface area contributed by atoms with Gasteiger partial charge in [0.1, 0.15) is 11.9 Å². The highest BCUT2D eigenvalue weighted by Gasteiger charge is 2.27. The van der Waals surface area contributed by atoms with Crippen LogP contribution < -0.4 is 9.47 Å². The number of carbonyl (C=O) groups is 1. The smallest absolute Gasteiger partial charge is 0.316 e. The molecule has 164 valence electrons. The van der Waals surface area contributed by atoms with E-state index in [9.17, 15) is 18.0 Å². The van der Waals surface area contributed by atoms with E-state index in [1.54, 1.807) is 0 Å². The van der Waals surface area contributed by atoms with Gasteiger partial charge in [0.05, 0.1) is 16.5 Å². The summed E-state index contributed by atoms with van der Waals surface area (Å²) in [5, 5.41) is 16.9. The highest BCUT2D eigenvalue weighted by Crippen LogP contribution is 2.38. The SMILES string of the molecule is CC(Sc1c(F)c(F)nc(Oc2cc(C#N)ccc2OCc2ccccc2)c1F)C(=O)O. The van der Waals surface area contributed by atoms with E-state index in [0.717, 1.165) is 5.56 Å². The normalized spacial score (nSPS) is 11.5. The van der Waals surface area contributed by atoms with Crippen LogP contribution in [0.15, 0.2) is 53.4 Å². The molecular formula is C22H15F3N2O4S. The van der Waals surface area contributed by atoms with Crippen molar-refractivity contribution in [2.45, 2.75) is 23.7 Å². The molecule has 1 unspecified atom stereocenters. The number of nitriles is 1. The molecule has 6 nitrogen and oxygen atoms in total. The van der Waals surface area contributed by atoms with E-state index >= 15 is 0 Å². The molecule has 1 heterocycles. The quantitative estimate of drug-likeness (QED) is 0.360. The molecule has 1 aromatic heterocycles. The van der Waals surface area contributed by atoms with Gasteiger partial charge in [-0.3, -0.25) is 4.79 Å². The van der Waals surface area contributed by atoms with Crippen LogP contribution in [0.5, 0.6) is 17.4 Å². The Balaban J connectivity index is 1.96. The molecule has 0 aliphatic rings. The Kier molecular flexibility index (Phi) is 7.22. The number of ether oxygens (including phenoxy) is 2. The molecule has 2 aromatic carbocycles. The predicted molar refractivity (Wildman–Crippen MR) is 109 cm³/mol. The number of rotatable bonds is 8. The van der Waals surface area contributed by atoms with Crippen LogP contribution in [0.3, 0.4) is 0 Å². The maximum atomic E-state index is 14.9. The molecular weight excluding hydrogens is 445 g/mol. The van der Waals surface area contributed by atoms with Crippen LogP contribution in [0.25, 0.3) is 0 Å². The third kappa shape index (κ3) is 5.31. The minimum atomic E-state index is -1.66. The van der Waals surface area contributed by atoms with E-state index in [-0.39, 0.29) is 35.4 Å².